The topological polar surface area (TPSA) is 114 Å². The molecule has 9 nitrogen and oxygen atoms in total. The number of carbonyl (C=O) groups excluding carboxylic acids is 4. The van der Waals surface area contributed by atoms with Crippen LogP contribution in [0.4, 0.5) is 5.69 Å². The molecule has 0 bridgehead atoms. The van der Waals surface area contributed by atoms with E-state index in [0.717, 1.165) is 16.2 Å². The zero-order valence-corrected chi connectivity index (χ0v) is 19.9. The van der Waals surface area contributed by atoms with E-state index in [1.54, 1.807) is 43.5 Å². The lowest BCUT2D eigenvalue weighted by Gasteiger charge is -2.14. The maximum atomic E-state index is 13.0. The summed E-state index contributed by atoms with van der Waals surface area (Å²) in [7, 11) is 1.58. The van der Waals surface area contributed by atoms with Crippen molar-refractivity contribution in [3.05, 3.63) is 89.0 Å². The van der Waals surface area contributed by atoms with Gasteiger partial charge in [0.1, 0.15) is 11.5 Å². The van der Waals surface area contributed by atoms with Gasteiger partial charge >= 0.3 is 0 Å². The Morgan fingerprint density at radius 2 is 1.50 bits per heavy atom. The third-order valence-electron chi connectivity index (χ3n) is 5.61. The van der Waals surface area contributed by atoms with Crippen LogP contribution in [0.5, 0.6) is 11.5 Å². The van der Waals surface area contributed by atoms with Crippen LogP contribution in [0.1, 0.15) is 43.6 Å². The fraction of sp³-hybridized carbons (Fsp3) is 0.185. The van der Waals surface area contributed by atoms with Crippen molar-refractivity contribution in [3.63, 3.8) is 0 Å². The molecule has 0 saturated heterocycles. The first-order chi connectivity index (χ1) is 17.4. The van der Waals surface area contributed by atoms with E-state index in [1.807, 2.05) is 19.1 Å². The second-order valence-electron chi connectivity index (χ2n) is 7.94. The molecule has 0 unspecified atom stereocenters. The summed E-state index contributed by atoms with van der Waals surface area (Å²) in [6.07, 6.45) is 0. The summed E-state index contributed by atoms with van der Waals surface area (Å²) in [4.78, 5) is 51.7. The van der Waals surface area contributed by atoms with Crippen molar-refractivity contribution < 1.29 is 28.7 Å². The highest BCUT2D eigenvalue weighted by Crippen LogP contribution is 2.30. The Bertz CT molecular complexity index is 1300. The molecule has 2 N–H and O–H groups in total. The molecule has 3 aromatic rings. The number of carbonyl (C=O) groups is 4. The van der Waals surface area contributed by atoms with Crippen LogP contribution >= 0.6 is 0 Å². The first kappa shape index (κ1) is 24.5. The number of hydrogen-bond donors (Lipinski definition) is 2. The second kappa shape index (κ2) is 10.7. The van der Waals surface area contributed by atoms with Gasteiger partial charge in [0.2, 0.25) is 5.91 Å². The average molecular weight is 488 g/mol. The van der Waals surface area contributed by atoms with Crippen molar-refractivity contribution in [2.75, 3.05) is 25.2 Å². The molecule has 3 aromatic carbocycles. The third kappa shape index (κ3) is 5.20. The molecule has 36 heavy (non-hydrogen) atoms. The van der Waals surface area contributed by atoms with Gasteiger partial charge in [-0.25, -0.2) is 4.90 Å². The van der Waals surface area contributed by atoms with Crippen molar-refractivity contribution in [2.45, 2.75) is 13.5 Å². The fourth-order valence-electron chi connectivity index (χ4n) is 3.74. The number of amides is 4. The van der Waals surface area contributed by atoms with E-state index in [0.29, 0.717) is 24.6 Å². The Balaban J connectivity index is 1.36. The van der Waals surface area contributed by atoms with E-state index in [9.17, 15) is 19.2 Å². The number of fused-ring (bicyclic) bond motifs is 1. The highest BCUT2D eigenvalue weighted by Gasteiger charge is 2.37. The lowest BCUT2D eigenvalue weighted by Crippen LogP contribution is -2.36. The van der Waals surface area contributed by atoms with Gasteiger partial charge < -0.3 is 20.1 Å². The van der Waals surface area contributed by atoms with Gasteiger partial charge in [-0.1, -0.05) is 12.1 Å². The molecule has 4 rings (SSSR count). The van der Waals surface area contributed by atoms with Crippen LogP contribution in [0.2, 0.25) is 0 Å². The number of methoxy groups -OCH3 is 1. The standard InChI is InChI=1S/C27H25N3O6/c1-3-36-21-11-7-19(8-12-21)30-26(33)22-13-6-18(14-23(22)27(30)34)25(32)29-16-24(31)28-15-17-4-9-20(35-2)10-5-17/h4-14H,3,15-16H2,1-2H3,(H,28,31)(H,29,32). The molecule has 0 atom stereocenters. The molecule has 1 heterocycles. The van der Waals surface area contributed by atoms with Gasteiger partial charge in [0.05, 0.1) is 37.1 Å². The molecule has 0 saturated carbocycles. The van der Waals surface area contributed by atoms with E-state index in [-0.39, 0.29) is 29.1 Å². The molecule has 184 valence electrons. The van der Waals surface area contributed by atoms with Crippen molar-refractivity contribution >= 4 is 29.3 Å². The fourth-order valence-corrected chi connectivity index (χ4v) is 3.74. The Hall–Kier alpha value is -4.66. The zero-order valence-electron chi connectivity index (χ0n) is 19.9. The number of ether oxygens (including phenoxy) is 2. The molecule has 0 spiro atoms. The van der Waals surface area contributed by atoms with Crippen LogP contribution in [0.3, 0.4) is 0 Å². The molecule has 0 aromatic heterocycles. The number of nitrogens with one attached hydrogen (secondary N) is 2. The first-order valence-electron chi connectivity index (χ1n) is 11.3. The van der Waals surface area contributed by atoms with Crippen LogP contribution in [0.15, 0.2) is 66.7 Å². The molecule has 0 aliphatic carbocycles. The molecule has 1 aliphatic heterocycles. The van der Waals surface area contributed by atoms with Gasteiger partial charge in [-0.05, 0) is 67.1 Å². The summed E-state index contributed by atoms with van der Waals surface area (Å²) < 4.78 is 10.5. The zero-order chi connectivity index (χ0) is 25.7. The molecular weight excluding hydrogens is 462 g/mol. The van der Waals surface area contributed by atoms with Crippen LogP contribution < -0.4 is 25.0 Å². The van der Waals surface area contributed by atoms with Crippen LogP contribution in [0, 0.1) is 0 Å². The maximum Gasteiger partial charge on any atom is 0.266 e. The molecule has 0 fully saturated rings. The summed E-state index contributed by atoms with van der Waals surface area (Å²) in [6, 6.07) is 18.1. The van der Waals surface area contributed by atoms with Crippen molar-refractivity contribution in [3.8, 4) is 11.5 Å². The Morgan fingerprint density at radius 1 is 0.833 bits per heavy atom. The molecule has 9 heteroatoms. The van der Waals surface area contributed by atoms with Gasteiger partial charge in [0.25, 0.3) is 17.7 Å². The smallest absolute Gasteiger partial charge is 0.266 e. The first-order valence-corrected chi connectivity index (χ1v) is 11.3. The summed E-state index contributed by atoms with van der Waals surface area (Å²) in [5, 5.41) is 5.26. The largest absolute Gasteiger partial charge is 0.497 e. The third-order valence-corrected chi connectivity index (χ3v) is 5.61. The predicted octanol–water partition coefficient (Wildman–Crippen LogP) is 2.94. The lowest BCUT2D eigenvalue weighted by atomic mass is 10.1. The van der Waals surface area contributed by atoms with Crippen molar-refractivity contribution in [1.82, 2.24) is 10.6 Å². The van der Waals surface area contributed by atoms with E-state index >= 15 is 0 Å². The minimum Gasteiger partial charge on any atom is -0.497 e. The minimum absolute atomic E-state index is 0.130. The highest BCUT2D eigenvalue weighted by atomic mass is 16.5. The quantitative estimate of drug-likeness (QED) is 0.449. The van der Waals surface area contributed by atoms with E-state index in [1.165, 1.54) is 18.2 Å². The Morgan fingerprint density at radius 3 is 2.17 bits per heavy atom. The number of hydrogen-bond acceptors (Lipinski definition) is 6. The minimum atomic E-state index is -0.530. The number of imide groups is 1. The summed E-state index contributed by atoms with van der Waals surface area (Å²) in [6.45, 7) is 2.43. The van der Waals surface area contributed by atoms with Crippen molar-refractivity contribution in [1.29, 1.82) is 0 Å². The van der Waals surface area contributed by atoms with Gasteiger partial charge in [0.15, 0.2) is 0 Å². The summed E-state index contributed by atoms with van der Waals surface area (Å²) >= 11 is 0. The van der Waals surface area contributed by atoms with E-state index in [2.05, 4.69) is 10.6 Å². The Kier molecular flexibility index (Phi) is 7.29. The van der Waals surface area contributed by atoms with Crippen LogP contribution in [-0.2, 0) is 11.3 Å². The van der Waals surface area contributed by atoms with Gasteiger partial charge in [-0.2, -0.15) is 0 Å². The van der Waals surface area contributed by atoms with Crippen LogP contribution in [-0.4, -0.2) is 43.9 Å². The van der Waals surface area contributed by atoms with Gasteiger partial charge in [-0.15, -0.1) is 0 Å². The normalized spacial score (nSPS) is 12.2. The molecular formula is C27H25N3O6. The highest BCUT2D eigenvalue weighted by molar-refractivity contribution is 6.34. The molecule has 1 aliphatic rings. The lowest BCUT2D eigenvalue weighted by molar-refractivity contribution is -0.120. The van der Waals surface area contributed by atoms with Crippen molar-refractivity contribution in [2.24, 2.45) is 0 Å². The maximum absolute atomic E-state index is 13.0. The summed E-state index contributed by atoms with van der Waals surface area (Å²) in [5.41, 5.74) is 1.80. The van der Waals surface area contributed by atoms with Gasteiger partial charge in [-0.3, -0.25) is 19.2 Å². The summed E-state index contributed by atoms with van der Waals surface area (Å²) in [5.74, 6) is -0.542. The Labute approximate surface area is 208 Å². The van der Waals surface area contributed by atoms with E-state index < -0.39 is 17.7 Å². The number of benzene rings is 3. The number of rotatable bonds is 9. The molecule has 0 radical (unpaired) electrons. The van der Waals surface area contributed by atoms with Crippen LogP contribution in [0.25, 0.3) is 0 Å². The monoisotopic (exact) mass is 487 g/mol. The van der Waals surface area contributed by atoms with Gasteiger partial charge in [0, 0.05) is 12.1 Å². The number of anilines is 1. The van der Waals surface area contributed by atoms with E-state index in [4.69, 9.17) is 9.47 Å². The molecule has 4 amide bonds. The predicted molar refractivity (Wildman–Crippen MR) is 132 cm³/mol. The SMILES string of the molecule is CCOc1ccc(N2C(=O)c3ccc(C(=O)NCC(=O)NCc4ccc(OC)cc4)cc3C2=O)cc1. The number of nitrogens with zero attached hydrogens (tertiary/aromatic N) is 1. The average Bonchev–Trinajstić information content (AvgIpc) is 3.16. The second-order valence-corrected chi connectivity index (χ2v) is 7.94.